The van der Waals surface area contributed by atoms with Crippen LogP contribution in [0.15, 0.2) is 39.9 Å². The van der Waals surface area contributed by atoms with Crippen LogP contribution >= 0.6 is 0 Å². The second-order valence-corrected chi connectivity index (χ2v) is 7.08. The number of nitrogens with zero attached hydrogens (tertiary/aromatic N) is 4. The van der Waals surface area contributed by atoms with E-state index in [1.54, 1.807) is 6.26 Å². The fourth-order valence-corrected chi connectivity index (χ4v) is 3.85. The summed E-state index contributed by atoms with van der Waals surface area (Å²) >= 11 is 0. The SMILES string of the molecule is Cc1[nH]nc2cc(NC3N=c4ccoc4=C(N4CCCCC4)N3O)ccc12. The van der Waals surface area contributed by atoms with E-state index in [2.05, 4.69) is 25.4 Å². The Morgan fingerprint density at radius 1 is 1.22 bits per heavy atom. The van der Waals surface area contributed by atoms with Crippen molar-refractivity contribution in [3.63, 3.8) is 0 Å². The van der Waals surface area contributed by atoms with E-state index in [1.807, 2.05) is 31.2 Å². The smallest absolute Gasteiger partial charge is 0.222 e. The Bertz CT molecular complexity index is 1100. The number of hydroxylamine groups is 2. The van der Waals surface area contributed by atoms with Crippen LogP contribution in [0.5, 0.6) is 0 Å². The molecule has 3 N–H and O–H groups in total. The number of hydrogen-bond acceptors (Lipinski definition) is 7. The van der Waals surface area contributed by atoms with E-state index in [-0.39, 0.29) is 0 Å². The van der Waals surface area contributed by atoms with Crippen molar-refractivity contribution in [2.24, 2.45) is 4.99 Å². The molecule has 1 atom stereocenters. The Balaban J connectivity index is 1.50. The van der Waals surface area contributed by atoms with E-state index in [4.69, 9.17) is 4.42 Å². The number of fused-ring (bicyclic) bond motifs is 2. The minimum absolute atomic E-state index is 0.621. The first-order chi connectivity index (χ1) is 13.2. The Kier molecular flexibility index (Phi) is 3.78. The number of furan rings is 1. The zero-order chi connectivity index (χ0) is 18.4. The Morgan fingerprint density at radius 3 is 2.93 bits per heavy atom. The second kappa shape index (κ2) is 6.31. The highest BCUT2D eigenvalue weighted by molar-refractivity contribution is 5.84. The minimum atomic E-state index is -0.635. The van der Waals surface area contributed by atoms with Gasteiger partial charge in [0.05, 0.1) is 11.8 Å². The molecule has 0 bridgehead atoms. The molecule has 27 heavy (non-hydrogen) atoms. The summed E-state index contributed by atoms with van der Waals surface area (Å²) in [5.41, 5.74) is 3.37. The van der Waals surface area contributed by atoms with Gasteiger partial charge in [-0.05, 0) is 44.4 Å². The Morgan fingerprint density at radius 2 is 2.07 bits per heavy atom. The van der Waals surface area contributed by atoms with Crippen molar-refractivity contribution < 1.29 is 9.62 Å². The largest absolute Gasteiger partial charge is 0.459 e. The van der Waals surface area contributed by atoms with Gasteiger partial charge in [0.1, 0.15) is 5.36 Å². The van der Waals surface area contributed by atoms with Crippen molar-refractivity contribution >= 4 is 22.4 Å². The van der Waals surface area contributed by atoms with Crippen molar-refractivity contribution in [3.05, 3.63) is 47.0 Å². The number of aryl methyl sites for hydroxylation is 1. The van der Waals surface area contributed by atoms with Crippen LogP contribution in [0.2, 0.25) is 0 Å². The number of rotatable bonds is 3. The van der Waals surface area contributed by atoms with E-state index in [9.17, 15) is 5.21 Å². The summed E-state index contributed by atoms with van der Waals surface area (Å²) in [6.07, 6.45) is 4.42. The van der Waals surface area contributed by atoms with Crippen LogP contribution in [0.1, 0.15) is 25.0 Å². The topological polar surface area (TPSA) is 92.9 Å². The molecule has 1 aromatic carbocycles. The molecule has 0 aliphatic carbocycles. The Hall–Kier alpha value is -3.00. The van der Waals surface area contributed by atoms with Crippen LogP contribution < -0.4 is 16.1 Å². The number of nitrogens with one attached hydrogen (secondary N) is 2. The van der Waals surface area contributed by atoms with E-state index in [1.165, 1.54) is 11.5 Å². The van der Waals surface area contributed by atoms with Crippen LogP contribution in [-0.4, -0.2) is 44.7 Å². The molecule has 0 amide bonds. The zero-order valence-corrected chi connectivity index (χ0v) is 15.1. The third-order valence-corrected chi connectivity index (χ3v) is 5.25. The van der Waals surface area contributed by atoms with Crippen LogP contribution in [-0.2, 0) is 0 Å². The number of anilines is 1. The molecule has 2 aliphatic rings. The number of benzene rings is 1. The fourth-order valence-electron chi connectivity index (χ4n) is 3.85. The highest BCUT2D eigenvalue weighted by Gasteiger charge is 2.29. The minimum Gasteiger partial charge on any atom is -0.459 e. The molecule has 5 rings (SSSR count). The first-order valence-electron chi connectivity index (χ1n) is 9.31. The van der Waals surface area contributed by atoms with Gasteiger partial charge in [-0.25, -0.2) is 4.99 Å². The summed E-state index contributed by atoms with van der Waals surface area (Å²) in [7, 11) is 0. The highest BCUT2D eigenvalue weighted by atomic mass is 16.5. The van der Waals surface area contributed by atoms with Crippen molar-refractivity contribution in [3.8, 4) is 0 Å². The predicted octanol–water partition coefficient (Wildman–Crippen LogP) is 1.74. The monoisotopic (exact) mass is 366 g/mol. The number of H-pyrrole nitrogens is 1. The third-order valence-electron chi connectivity index (χ3n) is 5.25. The number of hydrogen-bond donors (Lipinski definition) is 3. The van der Waals surface area contributed by atoms with Gasteiger partial charge >= 0.3 is 0 Å². The maximum Gasteiger partial charge on any atom is 0.222 e. The molecule has 1 saturated heterocycles. The van der Waals surface area contributed by atoms with Gasteiger partial charge in [0.25, 0.3) is 0 Å². The van der Waals surface area contributed by atoms with E-state index in [0.29, 0.717) is 11.2 Å². The lowest BCUT2D eigenvalue weighted by atomic mass is 10.1. The molecular formula is C19H22N6O2. The van der Waals surface area contributed by atoms with Crippen molar-refractivity contribution in [2.75, 3.05) is 18.4 Å². The lowest BCUT2D eigenvalue weighted by molar-refractivity contribution is -0.0793. The van der Waals surface area contributed by atoms with Gasteiger partial charge in [0.2, 0.25) is 6.29 Å². The first-order valence-corrected chi connectivity index (χ1v) is 9.31. The van der Waals surface area contributed by atoms with Crippen LogP contribution in [0.25, 0.3) is 16.7 Å². The van der Waals surface area contributed by atoms with Gasteiger partial charge in [-0.15, -0.1) is 0 Å². The van der Waals surface area contributed by atoms with Gasteiger partial charge < -0.3 is 14.6 Å². The van der Waals surface area contributed by atoms with Crippen LogP contribution in [0.3, 0.4) is 0 Å². The van der Waals surface area contributed by atoms with E-state index in [0.717, 1.165) is 53.6 Å². The lowest BCUT2D eigenvalue weighted by Gasteiger charge is -2.37. The van der Waals surface area contributed by atoms with E-state index < -0.39 is 6.29 Å². The molecule has 4 heterocycles. The summed E-state index contributed by atoms with van der Waals surface area (Å²) in [5, 5.41) is 24.5. The molecule has 8 nitrogen and oxygen atoms in total. The normalized spacial score (nSPS) is 19.9. The average Bonchev–Trinajstić information content (AvgIpc) is 3.29. The van der Waals surface area contributed by atoms with Crippen molar-refractivity contribution in [1.29, 1.82) is 0 Å². The molecule has 8 heteroatoms. The summed E-state index contributed by atoms with van der Waals surface area (Å²) in [5.74, 6) is 0.680. The summed E-state index contributed by atoms with van der Waals surface area (Å²) in [6, 6.07) is 7.77. The maximum atomic E-state index is 10.9. The molecule has 2 aliphatic heterocycles. The molecule has 0 spiro atoms. The summed E-state index contributed by atoms with van der Waals surface area (Å²) < 4.78 is 5.64. The van der Waals surface area contributed by atoms with Crippen molar-refractivity contribution in [1.82, 2.24) is 20.2 Å². The molecule has 3 aromatic rings. The second-order valence-electron chi connectivity index (χ2n) is 7.08. The first kappa shape index (κ1) is 16.2. The fraction of sp³-hybridized carbons (Fsp3) is 0.368. The van der Waals surface area contributed by atoms with Gasteiger partial charge in [-0.3, -0.25) is 10.3 Å². The molecular weight excluding hydrogens is 344 g/mol. The van der Waals surface area contributed by atoms with Gasteiger partial charge in [-0.2, -0.15) is 10.2 Å². The average molecular weight is 366 g/mol. The maximum absolute atomic E-state index is 10.9. The number of likely N-dealkylation sites (tertiary alicyclic amines) is 1. The van der Waals surface area contributed by atoms with Gasteiger partial charge in [-0.1, -0.05) is 0 Å². The molecule has 1 fully saturated rings. The molecule has 0 saturated carbocycles. The van der Waals surface area contributed by atoms with Gasteiger partial charge in [0, 0.05) is 35.9 Å². The van der Waals surface area contributed by atoms with E-state index >= 15 is 0 Å². The Labute approximate surface area is 155 Å². The highest BCUT2D eigenvalue weighted by Crippen LogP contribution is 2.24. The lowest BCUT2D eigenvalue weighted by Crippen LogP contribution is -2.52. The standard InChI is InChI=1S/C19H22N6O2/c1-12-14-6-5-13(11-16(14)23-22-12)20-19-21-15-7-10-27-17(15)18(25(19)26)24-8-3-2-4-9-24/h5-7,10-11,19-20,26H,2-4,8-9H2,1H3,(H,22,23). The van der Waals surface area contributed by atoms with Gasteiger partial charge in [0.15, 0.2) is 11.2 Å². The number of aromatic amines is 1. The third kappa shape index (κ3) is 2.73. The van der Waals surface area contributed by atoms with Crippen LogP contribution in [0.4, 0.5) is 5.69 Å². The number of aromatic nitrogens is 2. The molecule has 0 radical (unpaired) electrons. The summed E-state index contributed by atoms with van der Waals surface area (Å²) in [6.45, 7) is 3.80. The van der Waals surface area contributed by atoms with Crippen molar-refractivity contribution in [2.45, 2.75) is 32.5 Å². The molecule has 1 unspecified atom stereocenters. The zero-order valence-electron chi connectivity index (χ0n) is 15.1. The quantitative estimate of drug-likeness (QED) is 0.654. The molecule has 2 aromatic heterocycles. The summed E-state index contributed by atoms with van der Waals surface area (Å²) in [4.78, 5) is 6.78. The number of piperidine rings is 1. The van der Waals surface area contributed by atoms with Crippen LogP contribution in [0, 0.1) is 6.92 Å². The predicted molar refractivity (Wildman–Crippen MR) is 100 cm³/mol. The molecule has 140 valence electrons.